The van der Waals surface area contributed by atoms with Crippen molar-refractivity contribution in [2.75, 3.05) is 14.1 Å². The summed E-state index contributed by atoms with van der Waals surface area (Å²) in [5.74, 6) is -5.08. The first-order chi connectivity index (χ1) is 14.6. The van der Waals surface area contributed by atoms with E-state index in [1.165, 1.54) is 14.1 Å². The first-order valence-electron chi connectivity index (χ1n) is 9.91. The fourth-order valence-electron chi connectivity index (χ4n) is 3.63. The van der Waals surface area contributed by atoms with Crippen molar-refractivity contribution in [2.45, 2.75) is 20.3 Å². The van der Waals surface area contributed by atoms with Crippen molar-refractivity contribution in [3.05, 3.63) is 70.8 Å². The third kappa shape index (κ3) is 4.30. The van der Waals surface area contributed by atoms with Crippen molar-refractivity contribution < 1.29 is 24.0 Å². The normalized spacial score (nSPS) is 15.9. The summed E-state index contributed by atoms with van der Waals surface area (Å²) in [5, 5.41) is 0. The summed E-state index contributed by atoms with van der Waals surface area (Å²) in [6.45, 7) is 3.76. The molecule has 0 saturated carbocycles. The Bertz CT molecular complexity index is 1030. The van der Waals surface area contributed by atoms with Crippen LogP contribution >= 0.6 is 0 Å². The largest absolute Gasteiger partial charge is 0.332 e. The van der Waals surface area contributed by atoms with E-state index in [9.17, 15) is 24.0 Å². The molecule has 2 aromatic rings. The lowest BCUT2D eigenvalue weighted by atomic mass is 9.79. The molecule has 1 aliphatic heterocycles. The van der Waals surface area contributed by atoms with Gasteiger partial charge in [-0.1, -0.05) is 59.7 Å². The Morgan fingerprint density at radius 1 is 0.774 bits per heavy atom. The molecule has 0 bridgehead atoms. The van der Waals surface area contributed by atoms with Crippen molar-refractivity contribution in [1.82, 2.24) is 9.80 Å². The molecular formula is C24H24N2O5. The predicted octanol–water partition coefficient (Wildman–Crippen LogP) is 3.04. The van der Waals surface area contributed by atoms with E-state index in [4.69, 9.17) is 0 Å². The minimum Gasteiger partial charge on any atom is -0.294 e. The summed E-state index contributed by atoms with van der Waals surface area (Å²) in [6.07, 6.45) is -0.326. The molecular weight excluding hydrogens is 396 g/mol. The van der Waals surface area contributed by atoms with Crippen LogP contribution in [-0.2, 0) is 9.59 Å². The number of barbiturate groups is 1. The summed E-state index contributed by atoms with van der Waals surface area (Å²) in [4.78, 5) is 65.9. The van der Waals surface area contributed by atoms with E-state index in [0.29, 0.717) is 11.1 Å². The van der Waals surface area contributed by atoms with Gasteiger partial charge < -0.3 is 0 Å². The SMILES string of the molecule is Cc1ccc(C(=O)CC(C(=O)c2ccc(C)cc2)C2C(=O)N(C)C(=O)N(C)C2=O)cc1. The topological polar surface area (TPSA) is 91.8 Å². The van der Waals surface area contributed by atoms with Crippen LogP contribution in [0.1, 0.15) is 38.3 Å². The fourth-order valence-corrected chi connectivity index (χ4v) is 3.63. The highest BCUT2D eigenvalue weighted by Gasteiger charge is 2.49. The van der Waals surface area contributed by atoms with Crippen molar-refractivity contribution in [3.8, 4) is 0 Å². The van der Waals surface area contributed by atoms with Crippen LogP contribution in [0.3, 0.4) is 0 Å². The third-order valence-electron chi connectivity index (χ3n) is 5.62. The van der Waals surface area contributed by atoms with Crippen LogP contribution in [0.15, 0.2) is 48.5 Å². The number of hydrogen-bond acceptors (Lipinski definition) is 5. The Morgan fingerprint density at radius 3 is 1.65 bits per heavy atom. The number of hydrogen-bond donors (Lipinski definition) is 0. The van der Waals surface area contributed by atoms with Gasteiger partial charge in [-0.15, -0.1) is 0 Å². The maximum Gasteiger partial charge on any atom is 0.332 e. The minimum absolute atomic E-state index is 0.301. The lowest BCUT2D eigenvalue weighted by Gasteiger charge is -2.35. The third-order valence-corrected chi connectivity index (χ3v) is 5.62. The second-order valence-corrected chi connectivity index (χ2v) is 7.88. The van der Waals surface area contributed by atoms with E-state index >= 15 is 0 Å². The quantitative estimate of drug-likeness (QED) is 0.529. The Labute approximate surface area is 180 Å². The molecule has 4 amide bonds. The van der Waals surface area contributed by atoms with Gasteiger partial charge in [0.15, 0.2) is 11.6 Å². The van der Waals surface area contributed by atoms with E-state index in [0.717, 1.165) is 20.9 Å². The Hall–Kier alpha value is -3.61. The molecule has 160 valence electrons. The number of urea groups is 1. The van der Waals surface area contributed by atoms with Crippen LogP contribution in [0.4, 0.5) is 4.79 Å². The number of aryl methyl sites for hydroxylation is 2. The molecule has 1 fully saturated rings. The highest BCUT2D eigenvalue weighted by atomic mass is 16.2. The summed E-state index contributed by atoms with van der Waals surface area (Å²) in [7, 11) is 2.52. The molecule has 1 heterocycles. The van der Waals surface area contributed by atoms with Gasteiger partial charge in [0.1, 0.15) is 5.92 Å². The number of nitrogens with zero attached hydrogens (tertiary/aromatic N) is 2. The molecule has 0 radical (unpaired) electrons. The van der Waals surface area contributed by atoms with E-state index < -0.39 is 35.5 Å². The van der Waals surface area contributed by atoms with Gasteiger partial charge in [0.05, 0.1) is 5.92 Å². The standard InChI is InChI=1S/C24H24N2O5/c1-14-5-9-16(10-6-14)19(27)13-18(21(28)17-11-7-15(2)8-12-17)20-22(29)25(3)24(31)26(4)23(20)30/h5-12,18,20H,13H2,1-4H3. The van der Waals surface area contributed by atoms with Gasteiger partial charge in [0, 0.05) is 31.6 Å². The second-order valence-electron chi connectivity index (χ2n) is 7.88. The molecule has 2 aromatic carbocycles. The number of carbonyl (C=O) groups excluding carboxylic acids is 5. The van der Waals surface area contributed by atoms with Crippen LogP contribution < -0.4 is 0 Å². The zero-order valence-corrected chi connectivity index (χ0v) is 17.9. The maximum atomic E-state index is 13.4. The van der Waals surface area contributed by atoms with Gasteiger partial charge in [-0.25, -0.2) is 4.79 Å². The Balaban J connectivity index is 2.02. The molecule has 0 spiro atoms. The van der Waals surface area contributed by atoms with Crippen molar-refractivity contribution in [3.63, 3.8) is 0 Å². The lowest BCUT2D eigenvalue weighted by Crippen LogP contribution is -2.59. The zero-order chi connectivity index (χ0) is 22.9. The fraction of sp³-hybridized carbons (Fsp3) is 0.292. The van der Waals surface area contributed by atoms with Crippen LogP contribution in [0, 0.1) is 25.7 Å². The molecule has 1 aliphatic rings. The number of Topliss-reactive ketones (excluding diaryl/α,β-unsaturated/α-hetero) is 2. The maximum absolute atomic E-state index is 13.4. The number of carbonyl (C=O) groups is 5. The molecule has 7 nitrogen and oxygen atoms in total. The first-order valence-corrected chi connectivity index (χ1v) is 9.91. The van der Waals surface area contributed by atoms with Gasteiger partial charge >= 0.3 is 6.03 Å². The highest BCUT2D eigenvalue weighted by Crippen LogP contribution is 2.30. The monoisotopic (exact) mass is 420 g/mol. The zero-order valence-electron chi connectivity index (χ0n) is 17.9. The second kappa shape index (κ2) is 8.63. The number of benzene rings is 2. The molecule has 0 aliphatic carbocycles. The van der Waals surface area contributed by atoms with Crippen LogP contribution in [0.2, 0.25) is 0 Å². The molecule has 1 atom stereocenters. The average Bonchev–Trinajstić information content (AvgIpc) is 2.76. The van der Waals surface area contributed by atoms with E-state index in [2.05, 4.69) is 0 Å². The van der Waals surface area contributed by atoms with Gasteiger partial charge in [-0.2, -0.15) is 0 Å². The molecule has 0 aromatic heterocycles. The van der Waals surface area contributed by atoms with E-state index in [1.54, 1.807) is 48.5 Å². The van der Waals surface area contributed by atoms with E-state index in [1.807, 2.05) is 13.8 Å². The number of imide groups is 2. The van der Waals surface area contributed by atoms with Crippen LogP contribution in [0.5, 0.6) is 0 Å². The first kappa shape index (κ1) is 22.1. The van der Waals surface area contributed by atoms with Crippen LogP contribution in [0.25, 0.3) is 0 Å². The van der Waals surface area contributed by atoms with Gasteiger partial charge in [0.2, 0.25) is 11.8 Å². The summed E-state index contributed by atoms with van der Waals surface area (Å²) >= 11 is 0. The Kier molecular flexibility index (Phi) is 6.15. The molecule has 3 rings (SSSR count). The molecule has 0 N–H and O–H groups in total. The number of amides is 4. The highest BCUT2D eigenvalue weighted by molar-refractivity contribution is 6.19. The molecule has 7 heteroatoms. The molecule has 31 heavy (non-hydrogen) atoms. The molecule has 1 saturated heterocycles. The van der Waals surface area contributed by atoms with Gasteiger partial charge in [-0.05, 0) is 13.8 Å². The van der Waals surface area contributed by atoms with Crippen LogP contribution in [-0.4, -0.2) is 53.3 Å². The summed E-state index contributed by atoms with van der Waals surface area (Å²) in [6, 6.07) is 12.8. The smallest absolute Gasteiger partial charge is 0.294 e. The predicted molar refractivity (Wildman–Crippen MR) is 114 cm³/mol. The van der Waals surface area contributed by atoms with Gasteiger partial charge in [-0.3, -0.25) is 29.0 Å². The van der Waals surface area contributed by atoms with Gasteiger partial charge in [0.25, 0.3) is 0 Å². The average molecular weight is 420 g/mol. The lowest BCUT2D eigenvalue weighted by molar-refractivity contribution is -0.149. The number of ketones is 2. The van der Waals surface area contributed by atoms with Crippen molar-refractivity contribution in [2.24, 2.45) is 11.8 Å². The molecule has 1 unspecified atom stereocenters. The Morgan fingerprint density at radius 2 is 1.19 bits per heavy atom. The van der Waals surface area contributed by atoms with E-state index in [-0.39, 0.29) is 12.2 Å². The summed E-state index contributed by atoms with van der Waals surface area (Å²) in [5.41, 5.74) is 2.61. The minimum atomic E-state index is -1.45. The number of rotatable bonds is 6. The summed E-state index contributed by atoms with van der Waals surface area (Å²) < 4.78 is 0. The van der Waals surface area contributed by atoms with Crippen molar-refractivity contribution >= 4 is 29.4 Å². The van der Waals surface area contributed by atoms with Crippen molar-refractivity contribution in [1.29, 1.82) is 0 Å².